The molecule has 0 unspecified atom stereocenters. The number of amides is 1. The first-order valence-electron chi connectivity index (χ1n) is 12.0. The molecule has 0 saturated carbocycles. The number of methoxy groups -OCH3 is 1. The highest BCUT2D eigenvalue weighted by molar-refractivity contribution is 5.83. The maximum absolute atomic E-state index is 12.1. The minimum atomic E-state index is -0.188. The number of hydrogen-bond donors (Lipinski definition) is 2. The number of aromatic hydroxyl groups is 1. The SMILES string of the molecule is CCC(C)(C)c1ccc(OCCCC(=O)N/N=C\c2ccc(OC)c(O)c2)c(C(C)(C)CC)c1. The summed E-state index contributed by atoms with van der Waals surface area (Å²) < 4.78 is 11.1. The summed E-state index contributed by atoms with van der Waals surface area (Å²) in [5.74, 6) is 1.11. The predicted octanol–water partition coefficient (Wildman–Crippen LogP) is 6.09. The Morgan fingerprint density at radius 3 is 2.32 bits per heavy atom. The largest absolute Gasteiger partial charge is 0.504 e. The summed E-state index contributed by atoms with van der Waals surface area (Å²) in [6.45, 7) is 13.9. The molecule has 0 saturated heterocycles. The van der Waals surface area contributed by atoms with Gasteiger partial charge in [-0.3, -0.25) is 4.79 Å². The van der Waals surface area contributed by atoms with Gasteiger partial charge in [0.05, 0.1) is 19.9 Å². The minimum absolute atomic E-state index is 0.00283. The predicted molar refractivity (Wildman–Crippen MR) is 138 cm³/mol. The van der Waals surface area contributed by atoms with Gasteiger partial charge in [-0.15, -0.1) is 0 Å². The number of hydrazone groups is 1. The van der Waals surface area contributed by atoms with E-state index in [-0.39, 0.29) is 22.5 Å². The fourth-order valence-corrected chi connectivity index (χ4v) is 3.44. The molecule has 186 valence electrons. The molecule has 0 radical (unpaired) electrons. The van der Waals surface area contributed by atoms with Crippen molar-refractivity contribution in [2.24, 2.45) is 5.10 Å². The van der Waals surface area contributed by atoms with Crippen LogP contribution in [0, 0.1) is 0 Å². The second-order valence-corrected chi connectivity index (χ2v) is 9.86. The zero-order chi connectivity index (χ0) is 25.4. The van der Waals surface area contributed by atoms with Gasteiger partial charge in [0.25, 0.3) is 0 Å². The van der Waals surface area contributed by atoms with Crippen LogP contribution in [0.2, 0.25) is 0 Å². The van der Waals surface area contributed by atoms with E-state index >= 15 is 0 Å². The Kier molecular flexibility index (Phi) is 9.54. The van der Waals surface area contributed by atoms with Crippen LogP contribution in [0.25, 0.3) is 0 Å². The molecule has 2 N–H and O–H groups in total. The molecule has 1 amide bonds. The zero-order valence-corrected chi connectivity index (χ0v) is 21.7. The zero-order valence-electron chi connectivity index (χ0n) is 21.7. The molecule has 0 heterocycles. The number of nitrogens with one attached hydrogen (secondary N) is 1. The molecule has 0 aromatic heterocycles. The fourth-order valence-electron chi connectivity index (χ4n) is 3.44. The van der Waals surface area contributed by atoms with Gasteiger partial charge in [-0.05, 0) is 65.5 Å². The fraction of sp³-hybridized carbons (Fsp3) is 0.500. The molecular weight excluding hydrogens is 428 g/mol. The lowest BCUT2D eigenvalue weighted by Gasteiger charge is -2.30. The summed E-state index contributed by atoms with van der Waals surface area (Å²) >= 11 is 0. The standard InChI is InChI=1S/C28H40N2O4/c1-8-27(3,4)21-13-15-24(22(18-21)28(5,6)9-2)34-16-10-11-26(32)30-29-19-20-12-14-25(33-7)23(31)17-20/h12-15,17-19,31H,8-11,16H2,1-7H3,(H,30,32)/b29-19-. The van der Waals surface area contributed by atoms with E-state index in [4.69, 9.17) is 9.47 Å². The van der Waals surface area contributed by atoms with Gasteiger partial charge in [-0.2, -0.15) is 5.10 Å². The molecule has 6 nitrogen and oxygen atoms in total. The summed E-state index contributed by atoms with van der Waals surface area (Å²) in [6, 6.07) is 11.4. The number of phenolic OH excluding ortho intramolecular Hbond substituents is 1. The number of ether oxygens (including phenoxy) is 2. The lowest BCUT2D eigenvalue weighted by Crippen LogP contribution is -2.21. The molecule has 0 aliphatic heterocycles. The normalized spacial score (nSPS) is 12.1. The van der Waals surface area contributed by atoms with Crippen LogP contribution in [-0.2, 0) is 15.6 Å². The first kappa shape index (κ1) is 27.2. The van der Waals surface area contributed by atoms with Crippen LogP contribution in [0.5, 0.6) is 17.2 Å². The van der Waals surface area contributed by atoms with Gasteiger partial charge in [0.15, 0.2) is 11.5 Å². The first-order valence-corrected chi connectivity index (χ1v) is 12.0. The Bertz CT molecular complexity index is 996. The van der Waals surface area contributed by atoms with Crippen molar-refractivity contribution in [2.75, 3.05) is 13.7 Å². The molecule has 0 spiro atoms. The van der Waals surface area contributed by atoms with Gasteiger partial charge in [-0.25, -0.2) is 5.43 Å². The summed E-state index contributed by atoms with van der Waals surface area (Å²) in [5, 5.41) is 13.8. The second kappa shape index (κ2) is 11.9. The molecule has 0 aliphatic carbocycles. The van der Waals surface area contributed by atoms with Crippen LogP contribution in [-0.4, -0.2) is 30.9 Å². The van der Waals surface area contributed by atoms with E-state index in [1.54, 1.807) is 12.1 Å². The molecular formula is C28H40N2O4. The van der Waals surface area contributed by atoms with Crippen LogP contribution in [0.1, 0.15) is 83.9 Å². The van der Waals surface area contributed by atoms with Crippen LogP contribution in [0.15, 0.2) is 41.5 Å². The number of carbonyl (C=O) groups excluding carboxylic acids is 1. The minimum Gasteiger partial charge on any atom is -0.504 e. The van der Waals surface area contributed by atoms with E-state index in [0.717, 1.165) is 18.6 Å². The second-order valence-electron chi connectivity index (χ2n) is 9.86. The number of nitrogens with zero attached hydrogens (tertiary/aromatic N) is 1. The smallest absolute Gasteiger partial charge is 0.240 e. The van der Waals surface area contributed by atoms with Crippen LogP contribution in [0.4, 0.5) is 0 Å². The number of rotatable bonds is 12. The molecule has 2 rings (SSSR count). The van der Waals surface area contributed by atoms with Crippen molar-refractivity contribution in [2.45, 2.75) is 78.1 Å². The van der Waals surface area contributed by atoms with Gasteiger partial charge < -0.3 is 14.6 Å². The maximum atomic E-state index is 12.1. The summed E-state index contributed by atoms with van der Waals surface area (Å²) in [6.07, 6.45) is 4.44. The lowest BCUT2D eigenvalue weighted by atomic mass is 9.76. The van der Waals surface area contributed by atoms with E-state index in [1.807, 2.05) is 0 Å². The van der Waals surface area contributed by atoms with Crippen LogP contribution >= 0.6 is 0 Å². The Labute approximate surface area is 204 Å². The van der Waals surface area contributed by atoms with Crippen molar-refractivity contribution in [1.29, 1.82) is 0 Å². The number of phenols is 1. The van der Waals surface area contributed by atoms with Gasteiger partial charge in [0, 0.05) is 12.0 Å². The molecule has 34 heavy (non-hydrogen) atoms. The quantitative estimate of drug-likeness (QED) is 0.225. The van der Waals surface area contributed by atoms with E-state index < -0.39 is 0 Å². The van der Waals surface area contributed by atoms with Crippen molar-refractivity contribution in [3.8, 4) is 17.2 Å². The Hall–Kier alpha value is -3.02. The highest BCUT2D eigenvalue weighted by Gasteiger charge is 2.26. The number of benzene rings is 2. The third kappa shape index (κ3) is 7.24. The van der Waals surface area contributed by atoms with Crippen molar-refractivity contribution < 1.29 is 19.4 Å². The van der Waals surface area contributed by atoms with Crippen molar-refractivity contribution >= 4 is 12.1 Å². The highest BCUT2D eigenvalue weighted by atomic mass is 16.5. The van der Waals surface area contributed by atoms with E-state index in [9.17, 15) is 9.90 Å². The average molecular weight is 469 g/mol. The van der Waals surface area contributed by atoms with Gasteiger partial charge in [0.1, 0.15) is 5.75 Å². The topological polar surface area (TPSA) is 80.2 Å². The molecule has 0 bridgehead atoms. The van der Waals surface area contributed by atoms with Gasteiger partial charge in [0.2, 0.25) is 5.91 Å². The Morgan fingerprint density at radius 2 is 1.71 bits per heavy atom. The van der Waals surface area contributed by atoms with Crippen LogP contribution in [0.3, 0.4) is 0 Å². The van der Waals surface area contributed by atoms with Gasteiger partial charge >= 0.3 is 0 Å². The monoisotopic (exact) mass is 468 g/mol. The number of carbonyl (C=O) groups is 1. The summed E-state index contributed by atoms with van der Waals surface area (Å²) in [4.78, 5) is 12.1. The van der Waals surface area contributed by atoms with Crippen molar-refractivity contribution in [3.63, 3.8) is 0 Å². The molecule has 6 heteroatoms. The van der Waals surface area contributed by atoms with Crippen LogP contribution < -0.4 is 14.9 Å². The molecule has 2 aromatic rings. The third-order valence-electron chi connectivity index (χ3n) is 6.67. The lowest BCUT2D eigenvalue weighted by molar-refractivity contribution is -0.121. The van der Waals surface area contributed by atoms with E-state index in [1.165, 1.54) is 30.5 Å². The third-order valence-corrected chi connectivity index (χ3v) is 6.67. The molecule has 0 atom stereocenters. The molecule has 2 aromatic carbocycles. The van der Waals surface area contributed by atoms with Gasteiger partial charge in [-0.1, -0.05) is 53.7 Å². The first-order chi connectivity index (χ1) is 16.0. The summed E-state index contributed by atoms with van der Waals surface area (Å²) in [7, 11) is 1.49. The van der Waals surface area contributed by atoms with Crippen molar-refractivity contribution in [1.82, 2.24) is 5.43 Å². The maximum Gasteiger partial charge on any atom is 0.240 e. The molecule has 0 fully saturated rings. The Balaban J connectivity index is 1.92. The van der Waals surface area contributed by atoms with E-state index in [2.05, 4.69) is 70.3 Å². The number of hydrogen-bond acceptors (Lipinski definition) is 5. The van der Waals surface area contributed by atoms with Crippen molar-refractivity contribution in [3.05, 3.63) is 53.1 Å². The Morgan fingerprint density at radius 1 is 1.03 bits per heavy atom. The highest BCUT2D eigenvalue weighted by Crippen LogP contribution is 2.38. The summed E-state index contributed by atoms with van der Waals surface area (Å²) in [5.41, 5.74) is 5.81. The average Bonchev–Trinajstić information content (AvgIpc) is 2.81. The van der Waals surface area contributed by atoms with E-state index in [0.29, 0.717) is 30.8 Å². The molecule has 0 aliphatic rings.